The summed E-state index contributed by atoms with van der Waals surface area (Å²) in [5, 5.41) is 0. The Kier molecular flexibility index (Phi) is 20.8. The van der Waals surface area contributed by atoms with Crippen LogP contribution in [-0.4, -0.2) is 59.0 Å². The van der Waals surface area contributed by atoms with Gasteiger partial charge in [-0.25, -0.2) is 0 Å². The van der Waals surface area contributed by atoms with Gasteiger partial charge in [0.15, 0.2) is 17.6 Å². The molecule has 158 valence electrons. The minimum absolute atomic E-state index is 0.211. The lowest BCUT2D eigenvalue weighted by atomic mass is 10.0. The molecule has 0 aliphatic carbocycles. The van der Waals surface area contributed by atoms with Crippen LogP contribution in [0.15, 0.2) is 50.7 Å². The highest BCUT2D eigenvalue weighted by Gasteiger charge is 2.39. The number of hydrogen-bond acceptors (Lipinski definition) is 8. The highest BCUT2D eigenvalue weighted by Crippen LogP contribution is 2.25. The van der Waals surface area contributed by atoms with Crippen LogP contribution in [0.3, 0.4) is 0 Å². The van der Waals surface area contributed by atoms with Crippen LogP contribution in [0.5, 0.6) is 0 Å². The first-order valence-electron chi connectivity index (χ1n) is 8.51. The molecule has 0 saturated heterocycles. The van der Waals surface area contributed by atoms with Crippen LogP contribution in [0, 0.1) is 0 Å². The normalized spacial score (nSPS) is 19.1. The fourth-order valence-electron chi connectivity index (χ4n) is 1.82. The van der Waals surface area contributed by atoms with E-state index in [0.717, 1.165) is 0 Å². The van der Waals surface area contributed by atoms with E-state index in [9.17, 15) is 0 Å². The number of ether oxygens (including phenoxy) is 4. The molecule has 1 heterocycles. The quantitative estimate of drug-likeness (QED) is 0.175. The third kappa shape index (κ3) is 12.2. The Morgan fingerprint density at radius 2 is 1.81 bits per heavy atom. The maximum absolute atomic E-state index is 5.89. The number of hydrogen-bond donors (Lipinski definition) is 0. The van der Waals surface area contributed by atoms with Crippen molar-refractivity contribution in [3.63, 3.8) is 0 Å². The van der Waals surface area contributed by atoms with Gasteiger partial charge in [0.1, 0.15) is 19.5 Å². The summed E-state index contributed by atoms with van der Waals surface area (Å²) >= 11 is 0. The van der Waals surface area contributed by atoms with E-state index in [-0.39, 0.29) is 19.8 Å². The van der Waals surface area contributed by atoms with Crippen molar-refractivity contribution in [2.24, 2.45) is 0 Å². The van der Waals surface area contributed by atoms with Gasteiger partial charge in [0.05, 0.1) is 33.5 Å². The highest BCUT2D eigenvalue weighted by molar-refractivity contribution is 5.10. The summed E-state index contributed by atoms with van der Waals surface area (Å²) in [4.78, 5) is 19.5. The summed E-state index contributed by atoms with van der Waals surface area (Å²) in [6.07, 6.45) is 4.52. The second-order valence-electron chi connectivity index (χ2n) is 4.52. The molecule has 8 heteroatoms. The third-order valence-electron chi connectivity index (χ3n) is 2.88. The fraction of sp³-hybridized carbons (Fsp3) is 0.579. The maximum atomic E-state index is 5.89. The molecule has 1 aliphatic rings. The van der Waals surface area contributed by atoms with Gasteiger partial charge in [-0.1, -0.05) is 0 Å². The van der Waals surface area contributed by atoms with E-state index < -0.39 is 5.60 Å². The molecule has 1 atom stereocenters. The molecular formula is C19H34O8. The molecule has 0 fully saturated rings. The third-order valence-corrected chi connectivity index (χ3v) is 2.88. The zero-order valence-electron chi connectivity index (χ0n) is 16.8. The second kappa shape index (κ2) is 20.5. The molecule has 0 bridgehead atoms. The first kappa shape index (κ1) is 27.4. The number of rotatable bonds is 11. The molecule has 0 radical (unpaired) electrons. The molecule has 1 rings (SSSR count). The summed E-state index contributed by atoms with van der Waals surface area (Å²) in [6, 6.07) is 0. The van der Waals surface area contributed by atoms with Crippen LogP contribution in [0.25, 0.3) is 0 Å². The minimum Gasteiger partial charge on any atom is -0.494 e. The molecule has 0 amide bonds. The van der Waals surface area contributed by atoms with Gasteiger partial charge in [0, 0.05) is 6.61 Å². The Morgan fingerprint density at radius 3 is 2.44 bits per heavy atom. The van der Waals surface area contributed by atoms with Crippen molar-refractivity contribution in [2.75, 3.05) is 53.4 Å². The predicted molar refractivity (Wildman–Crippen MR) is 102 cm³/mol. The van der Waals surface area contributed by atoms with Crippen molar-refractivity contribution in [1.29, 1.82) is 0 Å². The Hall–Kier alpha value is -1.84. The van der Waals surface area contributed by atoms with Gasteiger partial charge in [0.25, 0.3) is 0 Å². The zero-order valence-corrected chi connectivity index (χ0v) is 16.8. The zero-order chi connectivity index (χ0) is 20.8. The van der Waals surface area contributed by atoms with E-state index in [4.69, 9.17) is 38.5 Å². The second-order valence-corrected chi connectivity index (χ2v) is 4.52. The van der Waals surface area contributed by atoms with Crippen molar-refractivity contribution in [2.45, 2.75) is 19.4 Å². The topological polar surface area (TPSA) is 73.8 Å². The Morgan fingerprint density at radius 1 is 1.11 bits per heavy atom. The summed E-state index contributed by atoms with van der Waals surface area (Å²) < 4.78 is 22.4. The van der Waals surface area contributed by atoms with E-state index in [2.05, 4.69) is 26.3 Å². The standard InChI is InChI=1S/C15H26O8.2C2H4/c1-4-6-20-21-9-7-18-13-15(12-17-5-2)14(16-3)11-23-22-10-8-19-15;2*1-2/h4,6,11H,5,7-10,12-13H2,1-3H3;2*1-2H2/b6-4+,14-11?;;. The Balaban J connectivity index is 0. The van der Waals surface area contributed by atoms with Crippen molar-refractivity contribution in [1.82, 2.24) is 0 Å². The molecule has 0 spiro atoms. The van der Waals surface area contributed by atoms with Crippen LogP contribution in [0.2, 0.25) is 0 Å². The smallest absolute Gasteiger partial charge is 0.174 e. The first-order valence-corrected chi connectivity index (χ1v) is 8.51. The van der Waals surface area contributed by atoms with Gasteiger partial charge >= 0.3 is 0 Å². The van der Waals surface area contributed by atoms with E-state index in [1.165, 1.54) is 19.6 Å². The Labute approximate surface area is 162 Å². The van der Waals surface area contributed by atoms with Gasteiger partial charge in [0.2, 0.25) is 0 Å². The monoisotopic (exact) mass is 390 g/mol. The molecule has 27 heavy (non-hydrogen) atoms. The van der Waals surface area contributed by atoms with Crippen LogP contribution in [-0.2, 0) is 38.5 Å². The largest absolute Gasteiger partial charge is 0.494 e. The van der Waals surface area contributed by atoms with Gasteiger partial charge in [-0.15, -0.1) is 26.3 Å². The maximum Gasteiger partial charge on any atom is 0.174 e. The molecular weight excluding hydrogens is 356 g/mol. The average molecular weight is 390 g/mol. The summed E-state index contributed by atoms with van der Waals surface area (Å²) in [5.41, 5.74) is -0.904. The number of allylic oxidation sites excluding steroid dienone is 1. The number of methoxy groups -OCH3 is 1. The van der Waals surface area contributed by atoms with Crippen molar-refractivity contribution < 1.29 is 38.5 Å². The van der Waals surface area contributed by atoms with E-state index in [1.54, 1.807) is 6.08 Å². The fourth-order valence-corrected chi connectivity index (χ4v) is 1.82. The average Bonchev–Trinajstić information content (AvgIpc) is 2.71. The van der Waals surface area contributed by atoms with Gasteiger partial charge in [-0.05, 0) is 19.9 Å². The lowest BCUT2D eigenvalue weighted by Gasteiger charge is -2.34. The minimum atomic E-state index is -0.904. The molecule has 0 saturated carbocycles. The summed E-state index contributed by atoms with van der Waals surface area (Å²) in [5.74, 6) is 0.428. The molecule has 0 aromatic heterocycles. The first-order chi connectivity index (χ1) is 13.3. The SMILES string of the molecule is C/C=C/OOCCOCC1(COCC)OCCOOC=C1OC.C=C.C=C. The van der Waals surface area contributed by atoms with Gasteiger partial charge < -0.3 is 28.7 Å². The van der Waals surface area contributed by atoms with Crippen LogP contribution in [0.4, 0.5) is 0 Å². The van der Waals surface area contributed by atoms with E-state index in [0.29, 0.717) is 32.2 Å². The molecule has 0 aromatic carbocycles. The molecule has 1 aliphatic heterocycles. The van der Waals surface area contributed by atoms with Crippen LogP contribution >= 0.6 is 0 Å². The molecule has 8 nitrogen and oxygen atoms in total. The van der Waals surface area contributed by atoms with E-state index in [1.807, 2.05) is 13.8 Å². The molecule has 0 N–H and O–H groups in total. The highest BCUT2D eigenvalue weighted by atomic mass is 17.2. The van der Waals surface area contributed by atoms with E-state index >= 15 is 0 Å². The van der Waals surface area contributed by atoms with Crippen LogP contribution < -0.4 is 0 Å². The molecule has 0 aromatic rings. The van der Waals surface area contributed by atoms with Crippen LogP contribution in [0.1, 0.15) is 13.8 Å². The van der Waals surface area contributed by atoms with Crippen molar-refractivity contribution in [3.05, 3.63) is 50.7 Å². The Bertz CT molecular complexity index is 384. The predicted octanol–water partition coefficient (Wildman–Crippen LogP) is 3.33. The lowest BCUT2D eigenvalue weighted by molar-refractivity contribution is -0.279. The van der Waals surface area contributed by atoms with Gasteiger partial charge in [-0.2, -0.15) is 9.78 Å². The van der Waals surface area contributed by atoms with Crippen molar-refractivity contribution >= 4 is 0 Å². The summed E-state index contributed by atoms with van der Waals surface area (Å²) in [7, 11) is 1.52. The lowest BCUT2D eigenvalue weighted by Crippen LogP contribution is -2.47. The molecule has 1 unspecified atom stereocenters. The van der Waals surface area contributed by atoms with Gasteiger partial charge in [-0.3, -0.25) is 0 Å². The summed E-state index contributed by atoms with van der Waals surface area (Å²) in [6.45, 7) is 18.0. The van der Waals surface area contributed by atoms with Crippen molar-refractivity contribution in [3.8, 4) is 0 Å².